The number of benzene rings is 1. The summed E-state index contributed by atoms with van der Waals surface area (Å²) in [4.78, 5) is 15.1. The van der Waals surface area contributed by atoms with Crippen LogP contribution in [0.2, 0.25) is 0 Å². The van der Waals surface area contributed by atoms with E-state index in [4.69, 9.17) is 23.7 Å². The number of ether oxygens (including phenoxy) is 5. The molecule has 0 unspecified atom stereocenters. The van der Waals surface area contributed by atoms with Crippen LogP contribution in [0.3, 0.4) is 0 Å². The molecule has 2 bridgehead atoms. The Morgan fingerprint density at radius 2 is 1.88 bits per heavy atom. The summed E-state index contributed by atoms with van der Waals surface area (Å²) >= 11 is 0. The number of carbonyl (C=O) groups excluding carboxylic acids is 1. The number of carbonyl (C=O) groups is 1. The lowest BCUT2D eigenvalue weighted by atomic mass is 9.87. The van der Waals surface area contributed by atoms with Crippen molar-refractivity contribution in [2.24, 2.45) is 0 Å². The first-order valence-electron chi connectivity index (χ1n) is 14.7. The van der Waals surface area contributed by atoms with E-state index in [9.17, 15) is 15.0 Å². The second-order valence-corrected chi connectivity index (χ2v) is 13.1. The fourth-order valence-electron chi connectivity index (χ4n) is 7.59. The molecule has 0 aliphatic carbocycles. The minimum atomic E-state index is -1.11. The van der Waals surface area contributed by atoms with Crippen molar-refractivity contribution in [2.75, 3.05) is 13.2 Å². The molecule has 6 rings (SSSR count). The third-order valence-electron chi connectivity index (χ3n) is 9.96. The summed E-state index contributed by atoms with van der Waals surface area (Å²) in [7, 11) is 0. The van der Waals surface area contributed by atoms with Gasteiger partial charge in [-0.05, 0) is 52.0 Å². The molecule has 5 aliphatic rings. The lowest BCUT2D eigenvalue weighted by molar-refractivity contribution is -0.360. The summed E-state index contributed by atoms with van der Waals surface area (Å²) in [6.07, 6.45) is 3.85. The maximum atomic E-state index is 13.3. The highest BCUT2D eigenvalue weighted by molar-refractivity contribution is 5.71. The molecule has 0 radical (unpaired) electrons. The molecule has 10 atom stereocenters. The van der Waals surface area contributed by atoms with E-state index in [2.05, 4.69) is 13.5 Å². The molecule has 40 heavy (non-hydrogen) atoms. The zero-order chi connectivity index (χ0) is 28.3. The van der Waals surface area contributed by atoms with E-state index in [1.807, 2.05) is 43.3 Å². The minimum Gasteiger partial charge on any atom is -0.447 e. The van der Waals surface area contributed by atoms with Crippen LogP contribution in [0.4, 0.5) is 4.79 Å². The summed E-state index contributed by atoms with van der Waals surface area (Å²) in [5.74, 6) is -0.921. The fraction of sp³-hybridized carbons (Fsp3) is 0.710. The highest BCUT2D eigenvalue weighted by Gasteiger charge is 2.64. The first-order valence-corrected chi connectivity index (χ1v) is 14.7. The summed E-state index contributed by atoms with van der Waals surface area (Å²) in [5.41, 5.74) is -0.820. The lowest BCUT2D eigenvalue weighted by Crippen LogP contribution is -2.59. The molecule has 0 aromatic heterocycles. The highest BCUT2D eigenvalue weighted by Crippen LogP contribution is 2.55. The molecule has 9 heteroatoms. The van der Waals surface area contributed by atoms with Crippen LogP contribution in [0.15, 0.2) is 43.0 Å². The molecular weight excluding hydrogens is 514 g/mol. The van der Waals surface area contributed by atoms with E-state index in [1.165, 1.54) is 0 Å². The van der Waals surface area contributed by atoms with Gasteiger partial charge in [-0.25, -0.2) is 4.79 Å². The van der Waals surface area contributed by atoms with Crippen LogP contribution < -0.4 is 0 Å². The van der Waals surface area contributed by atoms with Crippen LogP contribution in [0, 0.1) is 0 Å². The van der Waals surface area contributed by atoms with E-state index >= 15 is 0 Å². The monoisotopic (exact) mass is 557 g/mol. The van der Waals surface area contributed by atoms with Gasteiger partial charge in [-0.15, -0.1) is 6.58 Å². The Morgan fingerprint density at radius 3 is 2.58 bits per heavy atom. The number of nitrogens with zero attached hydrogens (tertiary/aromatic N) is 1. The molecule has 5 aliphatic heterocycles. The van der Waals surface area contributed by atoms with Crippen LogP contribution in [0.25, 0.3) is 0 Å². The van der Waals surface area contributed by atoms with E-state index in [0.29, 0.717) is 25.7 Å². The van der Waals surface area contributed by atoms with Crippen LogP contribution >= 0.6 is 0 Å². The first-order chi connectivity index (χ1) is 19.0. The van der Waals surface area contributed by atoms with E-state index in [-0.39, 0.29) is 24.8 Å². The van der Waals surface area contributed by atoms with Crippen LogP contribution in [0.5, 0.6) is 0 Å². The average molecular weight is 558 g/mol. The van der Waals surface area contributed by atoms with Crippen LogP contribution in [0.1, 0.15) is 64.9 Å². The van der Waals surface area contributed by atoms with Gasteiger partial charge >= 0.3 is 6.09 Å². The third kappa shape index (κ3) is 4.78. The molecule has 1 aromatic rings. The van der Waals surface area contributed by atoms with Crippen molar-refractivity contribution in [1.82, 2.24) is 4.90 Å². The van der Waals surface area contributed by atoms with Crippen molar-refractivity contribution >= 4 is 6.09 Å². The normalized spacial score (nSPS) is 45.6. The van der Waals surface area contributed by atoms with Gasteiger partial charge in [-0.1, -0.05) is 36.4 Å². The highest BCUT2D eigenvalue weighted by atomic mass is 16.8. The van der Waals surface area contributed by atoms with Crippen LogP contribution in [-0.4, -0.2) is 93.5 Å². The van der Waals surface area contributed by atoms with Gasteiger partial charge in [0.1, 0.15) is 24.9 Å². The van der Waals surface area contributed by atoms with Gasteiger partial charge in [0.15, 0.2) is 5.79 Å². The largest absolute Gasteiger partial charge is 0.447 e. The Hall–Kier alpha value is -2.01. The Bertz CT molecular complexity index is 1120. The number of hydrogen-bond acceptors (Lipinski definition) is 8. The Labute approximate surface area is 236 Å². The molecule has 5 fully saturated rings. The van der Waals surface area contributed by atoms with E-state index < -0.39 is 53.6 Å². The van der Waals surface area contributed by atoms with Crippen molar-refractivity contribution < 1.29 is 38.7 Å². The number of fused-ring (bicyclic) bond motifs is 2. The van der Waals surface area contributed by atoms with Crippen molar-refractivity contribution in [3.05, 3.63) is 48.6 Å². The van der Waals surface area contributed by atoms with Gasteiger partial charge < -0.3 is 33.9 Å². The SMILES string of the molecule is C=C[C@@]1(C)CC[C@H]([C@@]23CC[C@@](C)(C[C@H]([C@H]4O[C@@](C)([C@@H](O)CO)C[C@@H]4N4C(=O)OC[C@@H]4Cc4ccccc4)O2)O3)O1. The zero-order valence-corrected chi connectivity index (χ0v) is 23.8. The minimum absolute atomic E-state index is 0.188. The van der Waals surface area contributed by atoms with Gasteiger partial charge in [0.2, 0.25) is 0 Å². The molecular formula is C31H43NO8. The second kappa shape index (κ2) is 10.1. The molecule has 2 N–H and O–H groups in total. The number of rotatable bonds is 8. The molecule has 220 valence electrons. The standard InChI is InChI=1S/C31H43NO8/c1-5-28(2)12-11-25(38-28)31-14-13-29(3,40-31)17-23(37-31)26-22(16-30(4,39-26)24(34)18-33)32-21(19-36-27(32)35)15-20-9-7-6-8-10-20/h5-10,21-26,33-34H,1,11-19H2,2-4H3/t21-,22-,23+,24-,25+,26-,28-,29-,30+,31-/m0/s1. The molecule has 5 saturated heterocycles. The molecule has 0 saturated carbocycles. The number of aliphatic hydroxyl groups is 2. The second-order valence-electron chi connectivity index (χ2n) is 13.1. The van der Waals surface area contributed by atoms with E-state index in [1.54, 1.807) is 11.8 Å². The zero-order valence-electron chi connectivity index (χ0n) is 23.8. The maximum absolute atomic E-state index is 13.3. The fourth-order valence-corrected chi connectivity index (χ4v) is 7.59. The van der Waals surface area contributed by atoms with Gasteiger partial charge in [0.25, 0.3) is 0 Å². The number of amides is 1. The molecule has 0 spiro atoms. The summed E-state index contributed by atoms with van der Waals surface area (Å²) in [6.45, 7) is 9.75. The van der Waals surface area contributed by atoms with Crippen molar-refractivity contribution in [3.8, 4) is 0 Å². The number of cyclic esters (lactones) is 1. The van der Waals surface area contributed by atoms with Crippen LogP contribution in [-0.2, 0) is 30.1 Å². The van der Waals surface area contributed by atoms with Gasteiger partial charge in [0.05, 0.1) is 41.6 Å². The molecule has 5 heterocycles. The third-order valence-corrected chi connectivity index (χ3v) is 9.96. The van der Waals surface area contributed by atoms with Gasteiger partial charge in [-0.2, -0.15) is 0 Å². The quantitative estimate of drug-likeness (QED) is 0.468. The molecule has 1 aromatic carbocycles. The lowest BCUT2D eigenvalue weighted by Gasteiger charge is -2.48. The number of hydrogen-bond donors (Lipinski definition) is 2. The number of aliphatic hydroxyl groups excluding tert-OH is 2. The summed E-state index contributed by atoms with van der Waals surface area (Å²) in [5, 5.41) is 20.7. The van der Waals surface area contributed by atoms with E-state index in [0.717, 1.165) is 24.8 Å². The van der Waals surface area contributed by atoms with Crippen molar-refractivity contribution in [3.63, 3.8) is 0 Å². The topological polar surface area (TPSA) is 107 Å². The van der Waals surface area contributed by atoms with Gasteiger partial charge in [-0.3, -0.25) is 4.90 Å². The smallest absolute Gasteiger partial charge is 0.410 e. The van der Waals surface area contributed by atoms with Crippen molar-refractivity contribution in [1.29, 1.82) is 0 Å². The first kappa shape index (κ1) is 28.1. The Morgan fingerprint density at radius 1 is 1.10 bits per heavy atom. The maximum Gasteiger partial charge on any atom is 0.410 e. The van der Waals surface area contributed by atoms with Gasteiger partial charge in [0, 0.05) is 19.3 Å². The summed E-state index contributed by atoms with van der Waals surface area (Å²) < 4.78 is 32.3. The predicted octanol–water partition coefficient (Wildman–Crippen LogP) is 3.50. The van der Waals surface area contributed by atoms with Crippen molar-refractivity contribution in [2.45, 2.75) is 125 Å². The molecule has 1 amide bonds. The Balaban J connectivity index is 1.31. The summed E-state index contributed by atoms with van der Waals surface area (Å²) in [6, 6.07) is 9.44. The Kier molecular flexibility index (Phi) is 7.08. The molecule has 9 nitrogen and oxygen atoms in total. The predicted molar refractivity (Wildman–Crippen MR) is 146 cm³/mol. The average Bonchev–Trinajstić information content (AvgIpc) is 3.68.